The highest BCUT2D eigenvalue weighted by Crippen LogP contribution is 2.15. The average Bonchev–Trinajstić information content (AvgIpc) is 2.52. The van der Waals surface area contributed by atoms with Crippen molar-refractivity contribution in [1.29, 1.82) is 0 Å². The van der Waals surface area contributed by atoms with E-state index in [2.05, 4.69) is 22.8 Å². The minimum Gasteiger partial charge on any atom is -0.491 e. The van der Waals surface area contributed by atoms with Crippen LogP contribution in [0.3, 0.4) is 0 Å². The maximum atomic E-state index is 11.8. The number of benzene rings is 2. The van der Waals surface area contributed by atoms with Gasteiger partial charge in [-0.15, -0.1) is 0 Å². The van der Waals surface area contributed by atoms with Gasteiger partial charge in [-0.3, -0.25) is 0 Å². The number of ether oxygens (including phenoxy) is 1. The summed E-state index contributed by atoms with van der Waals surface area (Å²) in [7, 11) is 0. The SMILES string of the molecule is CC(C)Oc1ccc(CCCNC(=O)Nc2cccc(Cl)c2)cc1. The summed E-state index contributed by atoms with van der Waals surface area (Å²) in [6.45, 7) is 4.62. The van der Waals surface area contributed by atoms with Crippen molar-refractivity contribution in [3.05, 3.63) is 59.1 Å². The van der Waals surface area contributed by atoms with Crippen LogP contribution < -0.4 is 15.4 Å². The number of nitrogens with one attached hydrogen (secondary N) is 2. The molecule has 0 saturated carbocycles. The number of carbonyl (C=O) groups excluding carboxylic acids is 1. The van der Waals surface area contributed by atoms with Gasteiger partial charge in [0.15, 0.2) is 0 Å². The highest BCUT2D eigenvalue weighted by atomic mass is 35.5. The maximum Gasteiger partial charge on any atom is 0.319 e. The average molecular weight is 347 g/mol. The molecule has 2 aromatic carbocycles. The van der Waals surface area contributed by atoms with E-state index in [0.717, 1.165) is 18.6 Å². The predicted octanol–water partition coefficient (Wildman–Crippen LogP) is 4.88. The van der Waals surface area contributed by atoms with Crippen LogP contribution in [0.4, 0.5) is 10.5 Å². The zero-order valence-corrected chi connectivity index (χ0v) is 14.8. The topological polar surface area (TPSA) is 50.4 Å². The molecule has 0 bridgehead atoms. The van der Waals surface area contributed by atoms with Crippen molar-refractivity contribution >= 4 is 23.3 Å². The minimum absolute atomic E-state index is 0.179. The van der Waals surface area contributed by atoms with E-state index in [9.17, 15) is 4.79 Å². The molecule has 0 atom stereocenters. The molecule has 0 aliphatic carbocycles. The summed E-state index contributed by atoms with van der Waals surface area (Å²) in [6, 6.07) is 14.9. The predicted molar refractivity (Wildman–Crippen MR) is 99.0 cm³/mol. The van der Waals surface area contributed by atoms with Gasteiger partial charge in [-0.25, -0.2) is 4.79 Å². The van der Waals surface area contributed by atoms with Gasteiger partial charge in [0.1, 0.15) is 5.75 Å². The van der Waals surface area contributed by atoms with Gasteiger partial charge in [0.05, 0.1) is 6.10 Å². The number of carbonyl (C=O) groups is 1. The van der Waals surface area contributed by atoms with Crippen molar-refractivity contribution in [1.82, 2.24) is 5.32 Å². The number of hydrogen-bond donors (Lipinski definition) is 2. The summed E-state index contributed by atoms with van der Waals surface area (Å²) in [5.74, 6) is 0.882. The molecule has 4 nitrogen and oxygen atoms in total. The number of hydrogen-bond acceptors (Lipinski definition) is 2. The molecule has 0 heterocycles. The number of anilines is 1. The Balaban J connectivity index is 1.68. The Bertz CT molecular complexity index is 657. The highest BCUT2D eigenvalue weighted by molar-refractivity contribution is 6.30. The van der Waals surface area contributed by atoms with E-state index >= 15 is 0 Å². The van der Waals surface area contributed by atoms with E-state index in [0.29, 0.717) is 17.3 Å². The van der Waals surface area contributed by atoms with E-state index in [1.807, 2.05) is 26.0 Å². The maximum absolute atomic E-state index is 11.8. The number of rotatable bonds is 7. The molecule has 2 amide bonds. The lowest BCUT2D eigenvalue weighted by Crippen LogP contribution is -2.29. The molecule has 5 heteroatoms. The van der Waals surface area contributed by atoms with E-state index in [4.69, 9.17) is 16.3 Å². The molecule has 0 fully saturated rings. The number of urea groups is 1. The first kappa shape index (κ1) is 18.1. The lowest BCUT2D eigenvalue weighted by molar-refractivity contribution is 0.242. The molecule has 0 aromatic heterocycles. The Hall–Kier alpha value is -2.20. The van der Waals surface area contributed by atoms with Gasteiger partial charge < -0.3 is 15.4 Å². The molecule has 24 heavy (non-hydrogen) atoms. The Labute approximate surface area is 148 Å². The first-order valence-corrected chi connectivity index (χ1v) is 8.47. The monoisotopic (exact) mass is 346 g/mol. The quantitative estimate of drug-likeness (QED) is 0.702. The minimum atomic E-state index is -0.224. The molecule has 0 saturated heterocycles. The third kappa shape index (κ3) is 6.50. The molecule has 2 aromatic rings. The number of halogens is 1. The third-order valence-electron chi connectivity index (χ3n) is 3.31. The number of aryl methyl sites for hydroxylation is 1. The zero-order chi connectivity index (χ0) is 17.4. The molecule has 2 N–H and O–H groups in total. The zero-order valence-electron chi connectivity index (χ0n) is 14.0. The van der Waals surface area contributed by atoms with Crippen molar-refractivity contribution in [3.63, 3.8) is 0 Å². The van der Waals surface area contributed by atoms with Gasteiger partial charge in [-0.1, -0.05) is 29.8 Å². The van der Waals surface area contributed by atoms with E-state index in [1.54, 1.807) is 24.3 Å². The smallest absolute Gasteiger partial charge is 0.319 e. The Morgan fingerprint density at radius 1 is 1.17 bits per heavy atom. The summed E-state index contributed by atoms with van der Waals surface area (Å²) in [5, 5.41) is 6.19. The van der Waals surface area contributed by atoms with Crippen LogP contribution in [0.1, 0.15) is 25.8 Å². The number of amides is 2. The van der Waals surface area contributed by atoms with Crippen molar-refractivity contribution in [2.75, 3.05) is 11.9 Å². The first-order valence-electron chi connectivity index (χ1n) is 8.09. The summed E-state index contributed by atoms with van der Waals surface area (Å²) in [5.41, 5.74) is 1.91. The van der Waals surface area contributed by atoms with Gasteiger partial charge in [0.25, 0.3) is 0 Å². The molecule has 0 unspecified atom stereocenters. The van der Waals surface area contributed by atoms with Crippen molar-refractivity contribution < 1.29 is 9.53 Å². The van der Waals surface area contributed by atoms with Crippen LogP contribution >= 0.6 is 11.6 Å². The fraction of sp³-hybridized carbons (Fsp3) is 0.316. The molecular weight excluding hydrogens is 324 g/mol. The molecule has 128 valence electrons. The van der Waals surface area contributed by atoms with Crippen LogP contribution in [-0.2, 0) is 6.42 Å². The summed E-state index contributed by atoms with van der Waals surface area (Å²) < 4.78 is 5.62. The van der Waals surface area contributed by atoms with Crippen LogP contribution in [-0.4, -0.2) is 18.7 Å². The van der Waals surface area contributed by atoms with Crippen molar-refractivity contribution in [3.8, 4) is 5.75 Å². The van der Waals surface area contributed by atoms with Crippen LogP contribution in [0.15, 0.2) is 48.5 Å². The summed E-state index contributed by atoms with van der Waals surface area (Å²) >= 11 is 5.88. The fourth-order valence-corrected chi connectivity index (χ4v) is 2.43. The van der Waals surface area contributed by atoms with Crippen LogP contribution in [0.5, 0.6) is 5.75 Å². The first-order chi connectivity index (χ1) is 11.5. The molecule has 0 aliphatic rings. The molecule has 0 spiro atoms. The summed E-state index contributed by atoms with van der Waals surface area (Å²) in [4.78, 5) is 11.8. The second kappa shape index (κ2) is 9.18. The van der Waals surface area contributed by atoms with Gasteiger partial charge in [-0.2, -0.15) is 0 Å². The van der Waals surface area contributed by atoms with Gasteiger partial charge in [0.2, 0.25) is 0 Å². The lowest BCUT2D eigenvalue weighted by atomic mass is 10.1. The van der Waals surface area contributed by atoms with E-state index in [-0.39, 0.29) is 12.1 Å². The van der Waals surface area contributed by atoms with Gasteiger partial charge in [-0.05, 0) is 62.6 Å². The van der Waals surface area contributed by atoms with Crippen LogP contribution in [0, 0.1) is 0 Å². The Morgan fingerprint density at radius 3 is 2.58 bits per heavy atom. The highest BCUT2D eigenvalue weighted by Gasteiger charge is 2.02. The second-order valence-corrected chi connectivity index (χ2v) is 6.24. The fourth-order valence-electron chi connectivity index (χ4n) is 2.24. The van der Waals surface area contributed by atoms with Crippen LogP contribution in [0.25, 0.3) is 0 Å². The van der Waals surface area contributed by atoms with E-state index in [1.165, 1.54) is 5.56 Å². The van der Waals surface area contributed by atoms with Crippen molar-refractivity contribution in [2.45, 2.75) is 32.8 Å². The normalized spacial score (nSPS) is 10.5. The second-order valence-electron chi connectivity index (χ2n) is 5.81. The molecule has 2 rings (SSSR count). The van der Waals surface area contributed by atoms with Gasteiger partial charge >= 0.3 is 6.03 Å². The van der Waals surface area contributed by atoms with Crippen LogP contribution in [0.2, 0.25) is 5.02 Å². The molecule has 0 radical (unpaired) electrons. The van der Waals surface area contributed by atoms with E-state index < -0.39 is 0 Å². The van der Waals surface area contributed by atoms with Crippen molar-refractivity contribution in [2.24, 2.45) is 0 Å². The largest absolute Gasteiger partial charge is 0.491 e. The molecule has 0 aliphatic heterocycles. The Kier molecular flexibility index (Phi) is 6.94. The third-order valence-corrected chi connectivity index (χ3v) is 3.54. The Morgan fingerprint density at radius 2 is 1.92 bits per heavy atom. The standard InChI is InChI=1S/C19H23ClN2O2/c1-14(2)24-18-10-8-15(9-11-18)5-4-12-21-19(23)22-17-7-3-6-16(20)13-17/h3,6-11,13-14H,4-5,12H2,1-2H3,(H2,21,22,23). The molecular formula is C19H23ClN2O2. The summed E-state index contributed by atoms with van der Waals surface area (Å²) in [6.07, 6.45) is 1.95. The van der Waals surface area contributed by atoms with Gasteiger partial charge in [0, 0.05) is 17.3 Å². The lowest BCUT2D eigenvalue weighted by Gasteiger charge is -2.10.